The molecule has 6 nitrogen and oxygen atoms in total. The van der Waals surface area contributed by atoms with Crippen molar-refractivity contribution in [1.82, 2.24) is 16.2 Å². The monoisotopic (exact) mass is 433 g/mol. The first-order valence-electron chi connectivity index (χ1n) is 9.77. The van der Waals surface area contributed by atoms with Crippen LogP contribution in [0.3, 0.4) is 0 Å². The van der Waals surface area contributed by atoms with Gasteiger partial charge in [0.1, 0.15) is 5.75 Å². The van der Waals surface area contributed by atoms with Crippen molar-refractivity contribution in [3.63, 3.8) is 0 Å². The summed E-state index contributed by atoms with van der Waals surface area (Å²) in [5.41, 5.74) is 7.95. The van der Waals surface area contributed by atoms with Gasteiger partial charge in [-0.25, -0.2) is 0 Å². The Hall–Kier alpha value is -3.71. The summed E-state index contributed by atoms with van der Waals surface area (Å²) < 4.78 is 5.76. The second-order valence-electron chi connectivity index (χ2n) is 6.79. The van der Waals surface area contributed by atoms with E-state index < -0.39 is 5.91 Å². The number of carbonyl (C=O) groups is 2. The van der Waals surface area contributed by atoms with Gasteiger partial charge in [-0.3, -0.25) is 25.8 Å². The number of rotatable bonds is 6. The fourth-order valence-electron chi connectivity index (χ4n) is 2.87. The first kappa shape index (κ1) is 22.0. The molecular formula is C24H23N3O3S. The Morgan fingerprint density at radius 2 is 1.61 bits per heavy atom. The second kappa shape index (κ2) is 10.9. The van der Waals surface area contributed by atoms with E-state index in [0.717, 1.165) is 12.0 Å². The standard InChI is InChI=1S/C24H23N3O3S/c1-17-8-5-6-13-21(17)23(29)26-27-24(31)25-22(28)19-11-7-12-20(16-19)30-15-14-18-9-3-2-4-10-18/h2-13,16H,14-15H2,1H3,(H,26,29)(H2,25,27,28,31). The van der Waals surface area contributed by atoms with Gasteiger partial charge in [-0.1, -0.05) is 54.6 Å². The van der Waals surface area contributed by atoms with E-state index >= 15 is 0 Å². The van der Waals surface area contributed by atoms with Gasteiger partial charge in [-0.2, -0.15) is 0 Å². The summed E-state index contributed by atoms with van der Waals surface area (Å²) in [5.74, 6) is -0.157. The van der Waals surface area contributed by atoms with Gasteiger partial charge in [-0.05, 0) is 54.5 Å². The number of aryl methyl sites for hydroxylation is 1. The van der Waals surface area contributed by atoms with E-state index in [4.69, 9.17) is 17.0 Å². The lowest BCUT2D eigenvalue weighted by atomic mass is 10.1. The normalized spacial score (nSPS) is 10.1. The summed E-state index contributed by atoms with van der Waals surface area (Å²) in [6.07, 6.45) is 0.770. The zero-order chi connectivity index (χ0) is 22.1. The van der Waals surface area contributed by atoms with Crippen LogP contribution in [0.4, 0.5) is 0 Å². The van der Waals surface area contributed by atoms with Crippen molar-refractivity contribution in [2.75, 3.05) is 6.61 Å². The SMILES string of the molecule is Cc1ccccc1C(=O)NNC(=S)NC(=O)c1cccc(OCCc2ccccc2)c1. The van der Waals surface area contributed by atoms with Crippen LogP contribution in [0.25, 0.3) is 0 Å². The number of thiocarbonyl (C=S) groups is 1. The molecule has 31 heavy (non-hydrogen) atoms. The highest BCUT2D eigenvalue weighted by Crippen LogP contribution is 2.14. The minimum absolute atomic E-state index is 0.0117. The lowest BCUT2D eigenvalue weighted by Gasteiger charge is -2.12. The molecule has 2 amide bonds. The van der Waals surface area contributed by atoms with Crippen molar-refractivity contribution in [3.05, 3.63) is 101 Å². The average Bonchev–Trinajstić information content (AvgIpc) is 2.79. The first-order chi connectivity index (χ1) is 15.0. The van der Waals surface area contributed by atoms with Gasteiger partial charge >= 0.3 is 0 Å². The number of amides is 2. The van der Waals surface area contributed by atoms with Crippen molar-refractivity contribution in [2.24, 2.45) is 0 Å². The maximum atomic E-state index is 12.5. The van der Waals surface area contributed by atoms with Crippen LogP contribution in [-0.2, 0) is 6.42 Å². The summed E-state index contributed by atoms with van der Waals surface area (Å²) in [7, 11) is 0. The van der Waals surface area contributed by atoms with Crippen LogP contribution in [0.2, 0.25) is 0 Å². The summed E-state index contributed by atoms with van der Waals surface area (Å²) in [4.78, 5) is 24.7. The number of hydrazine groups is 1. The molecule has 0 radical (unpaired) electrons. The number of carbonyl (C=O) groups excluding carboxylic acids is 2. The molecule has 0 fully saturated rings. The van der Waals surface area contributed by atoms with Gasteiger partial charge in [0, 0.05) is 17.5 Å². The van der Waals surface area contributed by atoms with Crippen LogP contribution >= 0.6 is 12.2 Å². The molecule has 0 atom stereocenters. The molecule has 7 heteroatoms. The Morgan fingerprint density at radius 1 is 0.871 bits per heavy atom. The molecule has 0 saturated heterocycles. The van der Waals surface area contributed by atoms with E-state index in [1.165, 1.54) is 5.56 Å². The largest absolute Gasteiger partial charge is 0.493 e. The lowest BCUT2D eigenvalue weighted by molar-refractivity contribution is 0.0934. The number of hydrogen-bond donors (Lipinski definition) is 3. The highest BCUT2D eigenvalue weighted by molar-refractivity contribution is 7.80. The highest BCUT2D eigenvalue weighted by Gasteiger charge is 2.11. The zero-order valence-corrected chi connectivity index (χ0v) is 17.9. The minimum Gasteiger partial charge on any atom is -0.493 e. The van der Waals surface area contributed by atoms with Crippen molar-refractivity contribution < 1.29 is 14.3 Å². The molecule has 0 aliphatic carbocycles. The lowest BCUT2D eigenvalue weighted by Crippen LogP contribution is -2.48. The van der Waals surface area contributed by atoms with Gasteiger partial charge in [0.05, 0.1) is 6.61 Å². The third-order valence-corrected chi connectivity index (χ3v) is 4.71. The van der Waals surface area contributed by atoms with Crippen LogP contribution in [-0.4, -0.2) is 23.5 Å². The van der Waals surface area contributed by atoms with E-state index in [0.29, 0.717) is 23.5 Å². The second-order valence-corrected chi connectivity index (χ2v) is 7.20. The number of nitrogens with one attached hydrogen (secondary N) is 3. The molecule has 0 bridgehead atoms. The van der Waals surface area contributed by atoms with E-state index in [1.54, 1.807) is 36.4 Å². The zero-order valence-electron chi connectivity index (χ0n) is 17.1. The third kappa shape index (κ3) is 6.65. The van der Waals surface area contributed by atoms with Crippen molar-refractivity contribution in [2.45, 2.75) is 13.3 Å². The Balaban J connectivity index is 1.48. The topological polar surface area (TPSA) is 79.5 Å². The van der Waals surface area contributed by atoms with Crippen LogP contribution in [0, 0.1) is 6.92 Å². The molecule has 0 aliphatic heterocycles. The number of benzene rings is 3. The van der Waals surface area contributed by atoms with E-state index in [-0.39, 0.29) is 11.0 Å². The minimum atomic E-state index is -0.406. The Bertz CT molecular complexity index is 1070. The van der Waals surface area contributed by atoms with Crippen LogP contribution < -0.4 is 20.9 Å². The van der Waals surface area contributed by atoms with Gasteiger partial charge in [0.15, 0.2) is 5.11 Å². The van der Waals surface area contributed by atoms with Gasteiger partial charge in [-0.15, -0.1) is 0 Å². The van der Waals surface area contributed by atoms with Crippen LogP contribution in [0.1, 0.15) is 31.8 Å². The molecule has 3 aromatic rings. The van der Waals surface area contributed by atoms with E-state index in [9.17, 15) is 9.59 Å². The van der Waals surface area contributed by atoms with E-state index in [1.807, 2.05) is 49.4 Å². The van der Waals surface area contributed by atoms with Gasteiger partial charge < -0.3 is 4.74 Å². The van der Waals surface area contributed by atoms with Crippen LogP contribution in [0.5, 0.6) is 5.75 Å². The highest BCUT2D eigenvalue weighted by atomic mass is 32.1. The fraction of sp³-hybridized carbons (Fsp3) is 0.125. The first-order valence-corrected chi connectivity index (χ1v) is 10.2. The van der Waals surface area contributed by atoms with Gasteiger partial charge in [0.25, 0.3) is 11.8 Å². The van der Waals surface area contributed by atoms with E-state index in [2.05, 4.69) is 16.2 Å². The summed E-state index contributed by atoms with van der Waals surface area (Å²) in [6, 6.07) is 24.0. The molecule has 0 unspecified atom stereocenters. The predicted molar refractivity (Wildman–Crippen MR) is 124 cm³/mol. The maximum Gasteiger partial charge on any atom is 0.269 e. The molecule has 0 spiro atoms. The molecule has 158 valence electrons. The number of ether oxygens (including phenoxy) is 1. The summed E-state index contributed by atoms with van der Waals surface area (Å²) in [6.45, 7) is 2.34. The molecule has 3 aromatic carbocycles. The molecule has 0 aliphatic rings. The summed E-state index contributed by atoms with van der Waals surface area (Å²) in [5, 5.41) is 2.53. The van der Waals surface area contributed by atoms with Crippen LogP contribution in [0.15, 0.2) is 78.9 Å². The molecule has 3 rings (SSSR count). The smallest absolute Gasteiger partial charge is 0.269 e. The molecule has 0 saturated carbocycles. The Morgan fingerprint density at radius 3 is 2.39 bits per heavy atom. The van der Waals surface area contributed by atoms with Gasteiger partial charge in [0.2, 0.25) is 0 Å². The Kier molecular flexibility index (Phi) is 7.73. The summed E-state index contributed by atoms with van der Waals surface area (Å²) >= 11 is 5.10. The molecule has 0 aromatic heterocycles. The number of hydrogen-bond acceptors (Lipinski definition) is 4. The average molecular weight is 434 g/mol. The predicted octanol–water partition coefficient (Wildman–Crippen LogP) is 3.57. The maximum absolute atomic E-state index is 12.5. The molecular weight excluding hydrogens is 410 g/mol. The quantitative estimate of drug-likeness (QED) is 0.409. The third-order valence-electron chi connectivity index (χ3n) is 4.50. The Labute approximate surface area is 186 Å². The molecule has 0 heterocycles. The van der Waals surface area contributed by atoms with Crippen molar-refractivity contribution in [3.8, 4) is 5.75 Å². The fourth-order valence-corrected chi connectivity index (χ4v) is 3.02. The van der Waals surface area contributed by atoms with Crippen molar-refractivity contribution >= 4 is 29.1 Å². The molecule has 3 N–H and O–H groups in total. The van der Waals surface area contributed by atoms with Crippen molar-refractivity contribution in [1.29, 1.82) is 0 Å².